The fraction of sp³-hybridized carbons (Fsp3) is 0.269. The van der Waals surface area contributed by atoms with Gasteiger partial charge in [-0.2, -0.15) is 0 Å². The smallest absolute Gasteiger partial charge is 0.251 e. The highest BCUT2D eigenvalue weighted by molar-refractivity contribution is 7.98. The third kappa shape index (κ3) is 5.19. The lowest BCUT2D eigenvalue weighted by Gasteiger charge is -2.12. The van der Waals surface area contributed by atoms with E-state index in [1.165, 1.54) is 11.1 Å². The zero-order chi connectivity index (χ0) is 22.5. The molecular weight excluding hydrogens is 416 g/mol. The van der Waals surface area contributed by atoms with Crippen LogP contribution in [0, 0.1) is 6.92 Å². The van der Waals surface area contributed by atoms with Crippen LogP contribution in [-0.4, -0.2) is 26.5 Å². The van der Waals surface area contributed by atoms with E-state index in [0.717, 1.165) is 33.9 Å². The van der Waals surface area contributed by atoms with Gasteiger partial charge in [-0.15, -0.1) is 0 Å². The summed E-state index contributed by atoms with van der Waals surface area (Å²) in [5.41, 5.74) is 6.29. The molecule has 0 radical (unpaired) electrons. The van der Waals surface area contributed by atoms with E-state index in [0.29, 0.717) is 12.1 Å². The molecule has 1 amide bonds. The van der Waals surface area contributed by atoms with Crippen molar-refractivity contribution < 1.29 is 4.79 Å². The highest BCUT2D eigenvalue weighted by atomic mass is 32.2. The Morgan fingerprint density at radius 1 is 1.12 bits per heavy atom. The Kier molecular flexibility index (Phi) is 6.90. The van der Waals surface area contributed by atoms with Crippen LogP contribution in [0.25, 0.3) is 11.0 Å². The van der Waals surface area contributed by atoms with E-state index in [4.69, 9.17) is 4.98 Å². The maximum Gasteiger partial charge on any atom is 0.251 e. The molecule has 1 unspecified atom stereocenters. The number of benzene rings is 2. The molecule has 5 nitrogen and oxygen atoms in total. The lowest BCUT2D eigenvalue weighted by Crippen LogP contribution is -2.31. The number of rotatable bonds is 8. The van der Waals surface area contributed by atoms with Gasteiger partial charge >= 0.3 is 0 Å². The van der Waals surface area contributed by atoms with Crippen molar-refractivity contribution in [2.75, 3.05) is 0 Å². The van der Waals surface area contributed by atoms with Crippen molar-refractivity contribution in [3.8, 4) is 0 Å². The molecule has 6 heteroatoms. The Morgan fingerprint density at radius 3 is 2.69 bits per heavy atom. The minimum absolute atomic E-state index is 0.0300. The van der Waals surface area contributed by atoms with Crippen molar-refractivity contribution in [2.45, 2.75) is 50.7 Å². The quantitative estimate of drug-likeness (QED) is 0.359. The van der Waals surface area contributed by atoms with Gasteiger partial charge in [-0.05, 0) is 49.6 Å². The maximum absolute atomic E-state index is 12.4. The largest absolute Gasteiger partial charge is 0.350 e. The van der Waals surface area contributed by atoms with Gasteiger partial charge in [-0.3, -0.25) is 9.78 Å². The lowest BCUT2D eigenvalue weighted by atomic mass is 10.1. The van der Waals surface area contributed by atoms with Gasteiger partial charge in [-0.1, -0.05) is 60.6 Å². The van der Waals surface area contributed by atoms with Crippen molar-refractivity contribution in [2.24, 2.45) is 0 Å². The van der Waals surface area contributed by atoms with Crippen LogP contribution in [0.5, 0.6) is 0 Å². The second-order valence-corrected chi connectivity index (χ2v) is 9.04. The molecule has 164 valence electrons. The fourth-order valence-corrected chi connectivity index (χ4v) is 4.47. The van der Waals surface area contributed by atoms with Crippen LogP contribution < -0.4 is 5.32 Å². The molecule has 0 fully saturated rings. The Hall–Kier alpha value is -3.12. The Bertz CT molecular complexity index is 1220. The highest BCUT2D eigenvalue weighted by Gasteiger charge is 2.13. The molecule has 0 aliphatic carbocycles. The van der Waals surface area contributed by atoms with Crippen LogP contribution in [0.15, 0.2) is 72.1 Å². The predicted molar refractivity (Wildman–Crippen MR) is 131 cm³/mol. The molecule has 0 spiro atoms. The number of pyridine rings is 1. The molecule has 32 heavy (non-hydrogen) atoms. The molecule has 0 bridgehead atoms. The number of hydrogen-bond acceptors (Lipinski definition) is 4. The Morgan fingerprint density at radius 2 is 1.94 bits per heavy atom. The summed E-state index contributed by atoms with van der Waals surface area (Å²) >= 11 is 1.73. The molecule has 2 aromatic heterocycles. The topological polar surface area (TPSA) is 59.8 Å². The van der Waals surface area contributed by atoms with Crippen molar-refractivity contribution >= 4 is 28.7 Å². The van der Waals surface area contributed by atoms with Gasteiger partial charge in [0.05, 0.1) is 23.8 Å². The van der Waals surface area contributed by atoms with Gasteiger partial charge in [0.25, 0.3) is 5.91 Å². The standard InChI is InChI=1S/C26H28N4OS/c1-4-19(3)28-25(31)22-10-8-20(9-11-22)16-30-24-15-27-13-12-23(24)29-26(30)32-17-21-7-5-6-18(2)14-21/h5-15,19H,4,16-17H2,1-3H3,(H,28,31). The first-order chi connectivity index (χ1) is 15.5. The second-order valence-electron chi connectivity index (χ2n) is 8.10. The SMILES string of the molecule is CCC(C)NC(=O)c1ccc(Cn2c(SCc3cccc(C)c3)nc3ccncc32)cc1. The molecule has 1 atom stereocenters. The number of fused-ring (bicyclic) bond motifs is 1. The third-order valence-corrected chi connectivity index (χ3v) is 6.56. The van der Waals surface area contributed by atoms with E-state index in [2.05, 4.69) is 53.0 Å². The van der Waals surface area contributed by atoms with Crippen LogP contribution in [-0.2, 0) is 12.3 Å². The Labute approximate surface area is 193 Å². The maximum atomic E-state index is 12.4. The summed E-state index contributed by atoms with van der Waals surface area (Å²) < 4.78 is 2.21. The van der Waals surface area contributed by atoms with Crippen LogP contribution in [0.4, 0.5) is 0 Å². The summed E-state index contributed by atoms with van der Waals surface area (Å²) in [5.74, 6) is 0.824. The van der Waals surface area contributed by atoms with Gasteiger partial charge in [0.1, 0.15) is 0 Å². The van der Waals surface area contributed by atoms with Gasteiger partial charge in [-0.25, -0.2) is 4.98 Å². The first kappa shape index (κ1) is 22.1. The summed E-state index contributed by atoms with van der Waals surface area (Å²) in [7, 11) is 0. The van der Waals surface area contributed by atoms with Gasteiger partial charge in [0.2, 0.25) is 0 Å². The van der Waals surface area contributed by atoms with Gasteiger partial charge in [0.15, 0.2) is 5.16 Å². The number of aryl methyl sites for hydroxylation is 1. The number of nitrogens with one attached hydrogen (secondary N) is 1. The number of hydrogen-bond donors (Lipinski definition) is 1. The molecule has 2 heterocycles. The zero-order valence-corrected chi connectivity index (χ0v) is 19.5. The monoisotopic (exact) mass is 444 g/mol. The van der Waals surface area contributed by atoms with E-state index in [-0.39, 0.29) is 11.9 Å². The van der Waals surface area contributed by atoms with Gasteiger partial charge < -0.3 is 9.88 Å². The molecule has 0 aliphatic rings. The second kappa shape index (κ2) is 10.0. The third-order valence-electron chi connectivity index (χ3n) is 5.51. The number of carbonyl (C=O) groups excluding carboxylic acids is 1. The zero-order valence-electron chi connectivity index (χ0n) is 18.7. The molecule has 0 saturated carbocycles. The van der Waals surface area contributed by atoms with Crippen LogP contribution in [0.1, 0.15) is 47.3 Å². The molecule has 2 aromatic carbocycles. The summed E-state index contributed by atoms with van der Waals surface area (Å²) in [6.45, 7) is 6.86. The molecule has 4 rings (SSSR count). The van der Waals surface area contributed by atoms with E-state index in [1.807, 2.05) is 43.5 Å². The van der Waals surface area contributed by atoms with E-state index in [1.54, 1.807) is 18.0 Å². The molecule has 1 N–H and O–H groups in total. The number of nitrogens with zero attached hydrogens (tertiary/aromatic N) is 3. The predicted octanol–water partition coefficient (Wildman–Crippen LogP) is 5.61. The minimum Gasteiger partial charge on any atom is -0.350 e. The van der Waals surface area contributed by atoms with Crippen LogP contribution >= 0.6 is 11.8 Å². The summed E-state index contributed by atoms with van der Waals surface area (Å²) in [5, 5.41) is 3.98. The van der Waals surface area contributed by atoms with Crippen molar-refractivity contribution in [1.29, 1.82) is 0 Å². The first-order valence-corrected chi connectivity index (χ1v) is 11.9. The van der Waals surface area contributed by atoms with Crippen LogP contribution in [0.3, 0.4) is 0 Å². The number of aromatic nitrogens is 3. The van der Waals surface area contributed by atoms with Crippen molar-refractivity contribution in [3.63, 3.8) is 0 Å². The van der Waals surface area contributed by atoms with E-state index < -0.39 is 0 Å². The summed E-state index contributed by atoms with van der Waals surface area (Å²) in [6.07, 6.45) is 4.56. The van der Waals surface area contributed by atoms with Crippen LogP contribution in [0.2, 0.25) is 0 Å². The lowest BCUT2D eigenvalue weighted by molar-refractivity contribution is 0.0939. The molecular formula is C26H28N4OS. The fourth-order valence-electron chi connectivity index (χ4n) is 3.51. The van der Waals surface area contributed by atoms with Crippen molar-refractivity contribution in [3.05, 3.63) is 89.2 Å². The normalized spacial score (nSPS) is 12.1. The average Bonchev–Trinajstić information content (AvgIpc) is 3.15. The summed E-state index contributed by atoms with van der Waals surface area (Å²) in [6, 6.07) is 18.5. The van der Waals surface area contributed by atoms with Gasteiger partial charge in [0, 0.05) is 23.6 Å². The molecule has 4 aromatic rings. The number of amides is 1. The van der Waals surface area contributed by atoms with E-state index in [9.17, 15) is 4.79 Å². The average molecular weight is 445 g/mol. The highest BCUT2D eigenvalue weighted by Crippen LogP contribution is 2.27. The van der Waals surface area contributed by atoms with E-state index >= 15 is 0 Å². The molecule has 0 saturated heterocycles. The Balaban J connectivity index is 1.55. The van der Waals surface area contributed by atoms with Crippen molar-refractivity contribution in [1.82, 2.24) is 19.9 Å². The minimum atomic E-state index is -0.0300. The molecule has 0 aliphatic heterocycles. The summed E-state index contributed by atoms with van der Waals surface area (Å²) in [4.78, 5) is 21.5. The number of thioether (sulfide) groups is 1. The number of imidazole rings is 1. The number of carbonyl (C=O) groups is 1. The first-order valence-electron chi connectivity index (χ1n) is 10.9.